The molecule has 106 valence electrons. The van der Waals surface area contributed by atoms with E-state index in [1.807, 2.05) is 0 Å². The molecule has 1 heterocycles. The van der Waals surface area contributed by atoms with Crippen molar-refractivity contribution in [3.05, 3.63) is 0 Å². The van der Waals surface area contributed by atoms with Crippen molar-refractivity contribution >= 4 is 0 Å². The van der Waals surface area contributed by atoms with Crippen LogP contribution in [0, 0.1) is 11.3 Å². The minimum absolute atomic E-state index is 0.655. The third-order valence-corrected chi connectivity index (χ3v) is 4.86. The Morgan fingerprint density at radius 2 is 1.94 bits per heavy atom. The summed E-state index contributed by atoms with van der Waals surface area (Å²) in [5, 5.41) is 3.61. The van der Waals surface area contributed by atoms with E-state index in [9.17, 15) is 0 Å². The molecule has 2 nitrogen and oxygen atoms in total. The van der Waals surface area contributed by atoms with Gasteiger partial charge < -0.3 is 10.2 Å². The van der Waals surface area contributed by atoms with Crippen molar-refractivity contribution in [3.8, 4) is 0 Å². The zero-order valence-electron chi connectivity index (χ0n) is 12.7. The molecule has 0 aromatic rings. The minimum Gasteiger partial charge on any atom is -0.313 e. The Morgan fingerprint density at radius 1 is 1.22 bits per heavy atom. The van der Waals surface area contributed by atoms with E-state index in [1.165, 1.54) is 64.7 Å². The summed E-state index contributed by atoms with van der Waals surface area (Å²) in [6.07, 6.45) is 8.64. The van der Waals surface area contributed by atoms with Gasteiger partial charge in [-0.3, -0.25) is 0 Å². The number of rotatable bonds is 4. The van der Waals surface area contributed by atoms with Crippen molar-refractivity contribution in [2.75, 3.05) is 26.2 Å². The molecule has 1 saturated heterocycles. The fourth-order valence-electron chi connectivity index (χ4n) is 4.11. The summed E-state index contributed by atoms with van der Waals surface area (Å²) in [5.74, 6) is 0.854. The Kier molecular flexibility index (Phi) is 5.08. The predicted octanol–water partition coefficient (Wildman–Crippen LogP) is 3.28. The summed E-state index contributed by atoms with van der Waals surface area (Å²) >= 11 is 0. The van der Waals surface area contributed by atoms with E-state index in [4.69, 9.17) is 0 Å². The lowest BCUT2D eigenvalue weighted by molar-refractivity contribution is 0.133. The molecular weight excluding hydrogens is 220 g/mol. The Bertz CT molecular complexity index is 243. The fourth-order valence-corrected chi connectivity index (χ4v) is 4.11. The smallest absolute Gasteiger partial charge is 0.0107 e. The molecule has 1 saturated carbocycles. The third kappa shape index (κ3) is 3.96. The van der Waals surface area contributed by atoms with E-state index in [1.54, 1.807) is 0 Å². The first-order valence-electron chi connectivity index (χ1n) is 8.05. The van der Waals surface area contributed by atoms with Gasteiger partial charge in [-0.1, -0.05) is 26.7 Å². The molecule has 1 N–H and O–H groups in total. The van der Waals surface area contributed by atoms with E-state index in [2.05, 4.69) is 31.0 Å². The van der Waals surface area contributed by atoms with Crippen LogP contribution >= 0.6 is 0 Å². The minimum atomic E-state index is 0.655. The predicted molar refractivity (Wildman–Crippen MR) is 78.9 cm³/mol. The van der Waals surface area contributed by atoms with Crippen molar-refractivity contribution in [2.45, 2.75) is 65.3 Å². The summed E-state index contributed by atoms with van der Waals surface area (Å²) in [4.78, 5) is 2.74. The second kappa shape index (κ2) is 6.38. The van der Waals surface area contributed by atoms with Crippen LogP contribution in [-0.2, 0) is 0 Å². The standard InChI is InChI=1S/C16H32N2/c1-14(2)12-16(7-4-5-8-16)13-18-10-6-15(3)17-9-11-18/h14-15,17H,4-13H2,1-3H3. The molecule has 0 aromatic carbocycles. The van der Waals surface area contributed by atoms with Gasteiger partial charge in [0.25, 0.3) is 0 Å². The monoisotopic (exact) mass is 252 g/mol. The summed E-state index contributed by atoms with van der Waals surface area (Å²) in [5.41, 5.74) is 0.655. The zero-order valence-corrected chi connectivity index (χ0v) is 12.7. The van der Waals surface area contributed by atoms with Gasteiger partial charge in [-0.15, -0.1) is 0 Å². The van der Waals surface area contributed by atoms with E-state index in [0.29, 0.717) is 11.5 Å². The molecule has 2 rings (SSSR count). The van der Waals surface area contributed by atoms with Gasteiger partial charge in [-0.25, -0.2) is 0 Å². The quantitative estimate of drug-likeness (QED) is 0.826. The molecule has 0 aromatic heterocycles. The van der Waals surface area contributed by atoms with Crippen LogP contribution in [0.3, 0.4) is 0 Å². The van der Waals surface area contributed by atoms with Crippen LogP contribution in [-0.4, -0.2) is 37.1 Å². The van der Waals surface area contributed by atoms with Gasteiger partial charge in [0.1, 0.15) is 0 Å². The molecular formula is C16H32N2. The van der Waals surface area contributed by atoms with Gasteiger partial charge in [0.2, 0.25) is 0 Å². The molecule has 0 radical (unpaired) electrons. The molecule has 1 unspecified atom stereocenters. The Morgan fingerprint density at radius 3 is 2.61 bits per heavy atom. The van der Waals surface area contributed by atoms with Gasteiger partial charge in [-0.05, 0) is 50.5 Å². The van der Waals surface area contributed by atoms with E-state index >= 15 is 0 Å². The second-order valence-electron chi connectivity index (χ2n) is 7.23. The van der Waals surface area contributed by atoms with Crippen LogP contribution in [0.1, 0.15) is 59.3 Å². The molecule has 0 bridgehead atoms. The van der Waals surface area contributed by atoms with Gasteiger partial charge in [0, 0.05) is 25.7 Å². The number of hydrogen-bond donors (Lipinski definition) is 1. The van der Waals surface area contributed by atoms with Crippen LogP contribution in [0.15, 0.2) is 0 Å². The highest BCUT2D eigenvalue weighted by Gasteiger charge is 2.36. The molecule has 18 heavy (non-hydrogen) atoms. The van der Waals surface area contributed by atoms with E-state index in [0.717, 1.165) is 5.92 Å². The molecule has 1 aliphatic heterocycles. The van der Waals surface area contributed by atoms with Gasteiger partial charge in [-0.2, -0.15) is 0 Å². The highest BCUT2D eigenvalue weighted by molar-refractivity contribution is 4.89. The molecule has 1 aliphatic carbocycles. The largest absolute Gasteiger partial charge is 0.313 e. The average Bonchev–Trinajstić information content (AvgIpc) is 2.63. The molecule has 2 heteroatoms. The number of hydrogen-bond acceptors (Lipinski definition) is 2. The summed E-state index contributed by atoms with van der Waals surface area (Å²) in [7, 11) is 0. The first kappa shape index (κ1) is 14.3. The Hall–Kier alpha value is -0.0800. The van der Waals surface area contributed by atoms with Crippen LogP contribution in [0.25, 0.3) is 0 Å². The van der Waals surface area contributed by atoms with Crippen molar-refractivity contribution in [3.63, 3.8) is 0 Å². The first-order valence-corrected chi connectivity index (χ1v) is 8.05. The Labute approximate surface area is 114 Å². The first-order chi connectivity index (χ1) is 8.60. The topological polar surface area (TPSA) is 15.3 Å². The summed E-state index contributed by atoms with van der Waals surface area (Å²) in [6, 6.07) is 0.708. The van der Waals surface area contributed by atoms with Crippen LogP contribution in [0.2, 0.25) is 0 Å². The molecule has 1 atom stereocenters. The maximum Gasteiger partial charge on any atom is 0.0107 e. The fraction of sp³-hybridized carbons (Fsp3) is 1.00. The van der Waals surface area contributed by atoms with E-state index in [-0.39, 0.29) is 0 Å². The number of nitrogens with zero attached hydrogens (tertiary/aromatic N) is 1. The van der Waals surface area contributed by atoms with Crippen LogP contribution in [0.4, 0.5) is 0 Å². The van der Waals surface area contributed by atoms with Crippen LogP contribution < -0.4 is 5.32 Å². The molecule has 2 fully saturated rings. The van der Waals surface area contributed by atoms with Gasteiger partial charge >= 0.3 is 0 Å². The van der Waals surface area contributed by atoms with Gasteiger partial charge in [0.05, 0.1) is 0 Å². The average molecular weight is 252 g/mol. The lowest BCUT2D eigenvalue weighted by Gasteiger charge is -2.36. The maximum atomic E-state index is 3.61. The highest BCUT2D eigenvalue weighted by Crippen LogP contribution is 2.43. The lowest BCUT2D eigenvalue weighted by atomic mass is 9.78. The maximum absolute atomic E-state index is 3.61. The molecule has 2 aliphatic rings. The lowest BCUT2D eigenvalue weighted by Crippen LogP contribution is -2.39. The van der Waals surface area contributed by atoms with Crippen molar-refractivity contribution < 1.29 is 0 Å². The summed E-state index contributed by atoms with van der Waals surface area (Å²) in [6.45, 7) is 12.2. The SMILES string of the molecule is CC(C)CC1(CN2CCNC(C)CC2)CCCC1. The molecule has 0 spiro atoms. The van der Waals surface area contributed by atoms with Crippen molar-refractivity contribution in [1.29, 1.82) is 0 Å². The summed E-state index contributed by atoms with van der Waals surface area (Å²) < 4.78 is 0. The Balaban J connectivity index is 1.91. The van der Waals surface area contributed by atoms with Crippen molar-refractivity contribution in [1.82, 2.24) is 10.2 Å². The molecule has 0 amide bonds. The normalized spacial score (nSPS) is 29.7. The van der Waals surface area contributed by atoms with Gasteiger partial charge in [0.15, 0.2) is 0 Å². The second-order valence-corrected chi connectivity index (χ2v) is 7.23. The van der Waals surface area contributed by atoms with E-state index < -0.39 is 0 Å². The van der Waals surface area contributed by atoms with Crippen LogP contribution in [0.5, 0.6) is 0 Å². The number of nitrogens with one attached hydrogen (secondary N) is 1. The van der Waals surface area contributed by atoms with Crippen molar-refractivity contribution in [2.24, 2.45) is 11.3 Å². The highest BCUT2D eigenvalue weighted by atomic mass is 15.2. The zero-order chi connectivity index (χ0) is 13.0. The third-order valence-electron chi connectivity index (χ3n) is 4.86.